The van der Waals surface area contributed by atoms with Gasteiger partial charge in [0, 0.05) is 18.3 Å². The Morgan fingerprint density at radius 1 is 1.15 bits per heavy atom. The molecule has 0 unspecified atom stereocenters. The van der Waals surface area contributed by atoms with Crippen molar-refractivity contribution < 1.29 is 14.3 Å². The SMILES string of the molecule is COc1ccc(NC(=O)c2cc(C)nc(NCCCN(C)C)n2)c(OC)c1. The lowest BCUT2D eigenvalue weighted by atomic mass is 10.2. The van der Waals surface area contributed by atoms with Crippen molar-refractivity contribution in [3.8, 4) is 11.5 Å². The van der Waals surface area contributed by atoms with Crippen LogP contribution in [0.25, 0.3) is 0 Å². The number of carbonyl (C=O) groups is 1. The predicted molar refractivity (Wildman–Crippen MR) is 106 cm³/mol. The molecule has 27 heavy (non-hydrogen) atoms. The molecule has 0 aliphatic rings. The molecule has 2 rings (SSSR count). The highest BCUT2D eigenvalue weighted by Gasteiger charge is 2.14. The fourth-order valence-corrected chi connectivity index (χ4v) is 2.45. The number of anilines is 2. The van der Waals surface area contributed by atoms with E-state index in [0.29, 0.717) is 28.8 Å². The zero-order valence-corrected chi connectivity index (χ0v) is 16.5. The molecule has 1 heterocycles. The molecule has 0 bridgehead atoms. The molecule has 1 aromatic heterocycles. The molecule has 2 aromatic rings. The normalized spacial score (nSPS) is 10.6. The highest BCUT2D eigenvalue weighted by molar-refractivity contribution is 6.04. The topological polar surface area (TPSA) is 88.6 Å². The smallest absolute Gasteiger partial charge is 0.274 e. The van der Waals surface area contributed by atoms with Crippen molar-refractivity contribution in [2.24, 2.45) is 0 Å². The van der Waals surface area contributed by atoms with Gasteiger partial charge in [-0.05, 0) is 52.2 Å². The molecule has 0 atom stereocenters. The molecule has 0 fully saturated rings. The van der Waals surface area contributed by atoms with Crippen LogP contribution in [0.1, 0.15) is 22.6 Å². The van der Waals surface area contributed by atoms with E-state index in [1.54, 1.807) is 31.4 Å². The summed E-state index contributed by atoms with van der Waals surface area (Å²) < 4.78 is 10.5. The van der Waals surface area contributed by atoms with Crippen LogP contribution >= 0.6 is 0 Å². The molecular weight excluding hydrogens is 346 g/mol. The van der Waals surface area contributed by atoms with Crippen LogP contribution in [0, 0.1) is 6.92 Å². The molecular formula is C19H27N5O3. The molecule has 0 aliphatic heterocycles. The molecule has 1 aromatic carbocycles. The Morgan fingerprint density at radius 2 is 1.93 bits per heavy atom. The van der Waals surface area contributed by atoms with Crippen LogP contribution in [-0.4, -0.2) is 62.2 Å². The molecule has 146 valence electrons. The summed E-state index contributed by atoms with van der Waals surface area (Å²) in [5.74, 6) is 1.27. The number of nitrogens with one attached hydrogen (secondary N) is 2. The molecule has 0 saturated carbocycles. The zero-order valence-electron chi connectivity index (χ0n) is 16.5. The summed E-state index contributed by atoms with van der Waals surface area (Å²) in [5.41, 5.74) is 1.54. The van der Waals surface area contributed by atoms with Gasteiger partial charge in [-0.1, -0.05) is 0 Å². The van der Waals surface area contributed by atoms with Gasteiger partial charge in [-0.25, -0.2) is 9.97 Å². The number of aryl methyl sites for hydroxylation is 1. The van der Waals surface area contributed by atoms with Crippen molar-refractivity contribution in [2.75, 3.05) is 52.0 Å². The van der Waals surface area contributed by atoms with E-state index in [0.717, 1.165) is 19.5 Å². The highest BCUT2D eigenvalue weighted by atomic mass is 16.5. The lowest BCUT2D eigenvalue weighted by molar-refractivity contribution is 0.102. The van der Waals surface area contributed by atoms with E-state index in [-0.39, 0.29) is 11.6 Å². The van der Waals surface area contributed by atoms with E-state index in [4.69, 9.17) is 9.47 Å². The first kappa shape index (κ1) is 20.4. The van der Waals surface area contributed by atoms with Crippen LogP contribution < -0.4 is 20.1 Å². The Bertz CT molecular complexity index is 780. The van der Waals surface area contributed by atoms with E-state index in [2.05, 4.69) is 25.5 Å². The number of nitrogens with zero attached hydrogens (tertiary/aromatic N) is 3. The number of benzene rings is 1. The zero-order chi connectivity index (χ0) is 19.8. The minimum Gasteiger partial charge on any atom is -0.497 e. The van der Waals surface area contributed by atoms with Crippen molar-refractivity contribution in [2.45, 2.75) is 13.3 Å². The fourth-order valence-electron chi connectivity index (χ4n) is 2.45. The summed E-state index contributed by atoms with van der Waals surface area (Å²) in [5, 5.41) is 5.99. The molecule has 2 N–H and O–H groups in total. The quantitative estimate of drug-likeness (QED) is 0.653. The van der Waals surface area contributed by atoms with Gasteiger partial charge in [0.15, 0.2) is 0 Å². The van der Waals surface area contributed by atoms with Gasteiger partial charge < -0.3 is 25.0 Å². The molecule has 0 radical (unpaired) electrons. The van der Waals surface area contributed by atoms with Crippen LogP contribution in [0.5, 0.6) is 11.5 Å². The number of amides is 1. The van der Waals surface area contributed by atoms with Gasteiger partial charge in [-0.2, -0.15) is 0 Å². The summed E-state index contributed by atoms with van der Waals surface area (Å²) in [6, 6.07) is 6.83. The number of carbonyl (C=O) groups excluding carboxylic acids is 1. The molecule has 1 amide bonds. The maximum absolute atomic E-state index is 12.6. The number of rotatable bonds is 9. The standard InChI is InChI=1S/C19H27N5O3/c1-13-11-16(23-19(21-13)20-9-6-10-24(2)3)18(25)22-15-8-7-14(26-4)12-17(15)27-5/h7-8,11-12H,6,9-10H2,1-5H3,(H,22,25)(H,20,21,23). The number of aromatic nitrogens is 2. The van der Waals surface area contributed by atoms with Crippen LogP contribution in [0.2, 0.25) is 0 Å². The van der Waals surface area contributed by atoms with Gasteiger partial charge in [-0.3, -0.25) is 4.79 Å². The van der Waals surface area contributed by atoms with Gasteiger partial charge in [-0.15, -0.1) is 0 Å². The summed E-state index contributed by atoms with van der Waals surface area (Å²) in [7, 11) is 7.16. The van der Waals surface area contributed by atoms with E-state index in [1.165, 1.54) is 7.11 Å². The number of ether oxygens (including phenoxy) is 2. The van der Waals surface area contributed by atoms with Crippen molar-refractivity contribution in [3.05, 3.63) is 35.7 Å². The minimum atomic E-state index is -0.333. The summed E-state index contributed by atoms with van der Waals surface area (Å²) in [6.45, 7) is 3.52. The monoisotopic (exact) mass is 373 g/mol. The second-order valence-electron chi connectivity index (χ2n) is 6.32. The molecule has 0 saturated heterocycles. The molecule has 0 spiro atoms. The number of hydrogen-bond acceptors (Lipinski definition) is 7. The highest BCUT2D eigenvalue weighted by Crippen LogP contribution is 2.29. The first-order chi connectivity index (χ1) is 12.9. The lowest BCUT2D eigenvalue weighted by Crippen LogP contribution is -2.19. The Kier molecular flexibility index (Phi) is 7.36. The Balaban J connectivity index is 2.10. The van der Waals surface area contributed by atoms with Crippen molar-refractivity contribution in [1.82, 2.24) is 14.9 Å². The molecule has 0 aliphatic carbocycles. The van der Waals surface area contributed by atoms with E-state index >= 15 is 0 Å². The van der Waals surface area contributed by atoms with Gasteiger partial charge in [0.2, 0.25) is 5.95 Å². The van der Waals surface area contributed by atoms with Gasteiger partial charge in [0.05, 0.1) is 19.9 Å². The summed E-state index contributed by atoms with van der Waals surface area (Å²) in [6.07, 6.45) is 0.953. The lowest BCUT2D eigenvalue weighted by Gasteiger charge is -2.13. The molecule has 8 nitrogen and oxygen atoms in total. The Hall–Kier alpha value is -2.87. The third-order valence-electron chi connectivity index (χ3n) is 3.81. The van der Waals surface area contributed by atoms with Crippen LogP contribution in [0.4, 0.5) is 11.6 Å². The second kappa shape index (κ2) is 9.72. The largest absolute Gasteiger partial charge is 0.497 e. The van der Waals surface area contributed by atoms with Crippen molar-refractivity contribution >= 4 is 17.5 Å². The maximum atomic E-state index is 12.6. The van der Waals surface area contributed by atoms with Crippen LogP contribution in [0.3, 0.4) is 0 Å². The summed E-state index contributed by atoms with van der Waals surface area (Å²) >= 11 is 0. The van der Waals surface area contributed by atoms with Crippen molar-refractivity contribution in [3.63, 3.8) is 0 Å². The average Bonchev–Trinajstić information content (AvgIpc) is 2.65. The van der Waals surface area contributed by atoms with Gasteiger partial charge in [0.1, 0.15) is 17.2 Å². The average molecular weight is 373 g/mol. The summed E-state index contributed by atoms with van der Waals surface area (Å²) in [4.78, 5) is 23.4. The van der Waals surface area contributed by atoms with Crippen LogP contribution in [0.15, 0.2) is 24.3 Å². The van der Waals surface area contributed by atoms with E-state index in [9.17, 15) is 4.79 Å². The first-order valence-electron chi connectivity index (χ1n) is 8.70. The van der Waals surface area contributed by atoms with Crippen LogP contribution in [-0.2, 0) is 0 Å². The number of hydrogen-bond donors (Lipinski definition) is 2. The third kappa shape index (κ3) is 6.10. The minimum absolute atomic E-state index is 0.287. The Morgan fingerprint density at radius 3 is 2.59 bits per heavy atom. The van der Waals surface area contributed by atoms with Gasteiger partial charge in [0.25, 0.3) is 5.91 Å². The fraction of sp³-hybridized carbons (Fsp3) is 0.421. The van der Waals surface area contributed by atoms with E-state index < -0.39 is 0 Å². The third-order valence-corrected chi connectivity index (χ3v) is 3.81. The first-order valence-corrected chi connectivity index (χ1v) is 8.70. The van der Waals surface area contributed by atoms with E-state index in [1.807, 2.05) is 21.0 Å². The number of methoxy groups -OCH3 is 2. The van der Waals surface area contributed by atoms with Crippen molar-refractivity contribution in [1.29, 1.82) is 0 Å². The molecule has 8 heteroatoms. The maximum Gasteiger partial charge on any atom is 0.274 e. The second-order valence-corrected chi connectivity index (χ2v) is 6.32. The predicted octanol–water partition coefficient (Wildman–Crippen LogP) is 2.42. The Labute approximate surface area is 159 Å². The van der Waals surface area contributed by atoms with Gasteiger partial charge >= 0.3 is 0 Å².